The van der Waals surface area contributed by atoms with Crippen molar-refractivity contribution in [1.29, 1.82) is 0 Å². The molecule has 0 radical (unpaired) electrons. The number of pyridine rings is 1. The van der Waals surface area contributed by atoms with Gasteiger partial charge in [0.05, 0.1) is 24.0 Å². The Morgan fingerprint density at radius 3 is 2.37 bits per heavy atom. The van der Waals surface area contributed by atoms with Gasteiger partial charge in [0, 0.05) is 50.4 Å². The molecule has 0 unspecified atom stereocenters. The molecule has 212 valence electrons. The van der Waals surface area contributed by atoms with Crippen LogP contribution in [0.3, 0.4) is 0 Å². The Balaban J connectivity index is 1.12. The van der Waals surface area contributed by atoms with Gasteiger partial charge in [-0.1, -0.05) is 30.7 Å². The van der Waals surface area contributed by atoms with E-state index in [4.69, 9.17) is 4.74 Å². The van der Waals surface area contributed by atoms with E-state index in [-0.39, 0.29) is 10.8 Å². The number of carbonyl (C=O) groups is 1. The van der Waals surface area contributed by atoms with Crippen LogP contribution in [-0.4, -0.2) is 64.5 Å². The number of methoxy groups -OCH3 is 1. The van der Waals surface area contributed by atoms with Gasteiger partial charge in [-0.25, -0.2) is 8.42 Å². The van der Waals surface area contributed by atoms with Crippen LogP contribution in [0.5, 0.6) is 5.75 Å². The van der Waals surface area contributed by atoms with Crippen molar-refractivity contribution in [2.75, 3.05) is 49.5 Å². The van der Waals surface area contributed by atoms with Crippen LogP contribution >= 0.6 is 0 Å². The quantitative estimate of drug-likeness (QED) is 0.300. The molecule has 3 aromatic carbocycles. The fourth-order valence-corrected chi connectivity index (χ4v) is 7.03. The normalized spacial score (nSPS) is 16.0. The number of benzene rings is 3. The molecule has 8 nitrogen and oxygen atoms in total. The summed E-state index contributed by atoms with van der Waals surface area (Å²) < 4.78 is 33.9. The Kier molecular flexibility index (Phi) is 7.30. The number of rotatable bonds is 7. The molecule has 2 heterocycles. The van der Waals surface area contributed by atoms with Crippen LogP contribution in [-0.2, 0) is 10.0 Å². The van der Waals surface area contributed by atoms with E-state index in [1.165, 1.54) is 36.2 Å². The molecule has 1 saturated carbocycles. The number of sulfonamides is 1. The summed E-state index contributed by atoms with van der Waals surface area (Å²) in [7, 11) is -0.626. The van der Waals surface area contributed by atoms with Gasteiger partial charge < -0.3 is 14.5 Å². The summed E-state index contributed by atoms with van der Waals surface area (Å²) in [5, 5.41) is 0.757. The van der Waals surface area contributed by atoms with Crippen molar-refractivity contribution in [1.82, 2.24) is 9.88 Å². The van der Waals surface area contributed by atoms with E-state index in [9.17, 15) is 13.2 Å². The van der Waals surface area contributed by atoms with Gasteiger partial charge in [0.2, 0.25) is 0 Å². The molecule has 4 aromatic rings. The average molecular weight is 571 g/mol. The van der Waals surface area contributed by atoms with Crippen LogP contribution < -0.4 is 13.9 Å². The van der Waals surface area contributed by atoms with Crippen molar-refractivity contribution >= 4 is 38.2 Å². The molecule has 1 aromatic heterocycles. The molecule has 2 fully saturated rings. The molecular formula is C32H34N4O4S. The highest BCUT2D eigenvalue weighted by Crippen LogP contribution is 2.40. The van der Waals surface area contributed by atoms with E-state index in [1.54, 1.807) is 55.8 Å². The van der Waals surface area contributed by atoms with Crippen molar-refractivity contribution in [3.63, 3.8) is 0 Å². The third kappa shape index (κ3) is 5.10. The van der Waals surface area contributed by atoms with Crippen LogP contribution in [0.2, 0.25) is 0 Å². The maximum absolute atomic E-state index is 13.5. The molecule has 6 rings (SSSR count). The average Bonchev–Trinajstić information content (AvgIpc) is 2.99. The predicted molar refractivity (Wildman–Crippen MR) is 161 cm³/mol. The van der Waals surface area contributed by atoms with Crippen molar-refractivity contribution in [3.8, 4) is 5.75 Å². The van der Waals surface area contributed by atoms with Crippen molar-refractivity contribution < 1.29 is 17.9 Å². The van der Waals surface area contributed by atoms with Gasteiger partial charge >= 0.3 is 0 Å². The lowest BCUT2D eigenvalue weighted by Gasteiger charge is -2.37. The molecule has 9 heteroatoms. The van der Waals surface area contributed by atoms with Crippen LogP contribution in [0, 0.1) is 0 Å². The third-order valence-electron chi connectivity index (χ3n) is 8.40. The minimum Gasteiger partial charge on any atom is -0.495 e. The third-order valence-corrected chi connectivity index (χ3v) is 10.2. The first-order chi connectivity index (χ1) is 19.9. The van der Waals surface area contributed by atoms with Crippen molar-refractivity contribution in [2.24, 2.45) is 0 Å². The zero-order chi connectivity index (χ0) is 28.6. The highest BCUT2D eigenvalue weighted by molar-refractivity contribution is 7.93. The number of ether oxygens (including phenoxy) is 1. The fourth-order valence-electron chi connectivity index (χ4n) is 5.67. The Bertz CT molecular complexity index is 1670. The zero-order valence-corrected chi connectivity index (χ0v) is 24.2. The largest absolute Gasteiger partial charge is 0.495 e. The van der Waals surface area contributed by atoms with Crippen molar-refractivity contribution in [2.45, 2.75) is 30.1 Å². The second-order valence-corrected chi connectivity index (χ2v) is 12.6. The smallest absolute Gasteiger partial charge is 0.266 e. The molecular weight excluding hydrogens is 536 g/mol. The van der Waals surface area contributed by atoms with E-state index >= 15 is 0 Å². The number of piperazine rings is 1. The first-order valence-corrected chi connectivity index (χ1v) is 15.5. The van der Waals surface area contributed by atoms with Gasteiger partial charge in [0.1, 0.15) is 10.6 Å². The van der Waals surface area contributed by atoms with Gasteiger partial charge in [0.15, 0.2) is 0 Å². The number of aromatic nitrogens is 1. The monoisotopic (exact) mass is 570 g/mol. The van der Waals surface area contributed by atoms with E-state index in [0.29, 0.717) is 48.9 Å². The highest BCUT2D eigenvalue weighted by Gasteiger charge is 2.27. The van der Waals surface area contributed by atoms with Gasteiger partial charge in [-0.15, -0.1) is 0 Å². The molecule has 0 atom stereocenters. The van der Waals surface area contributed by atoms with Gasteiger partial charge in [-0.05, 0) is 72.9 Å². The summed E-state index contributed by atoms with van der Waals surface area (Å²) in [6.45, 7) is 2.61. The number of para-hydroxylation sites is 1. The first kappa shape index (κ1) is 27.1. The standard InChI is InChI=1S/C32H34N4O4S/c1-34(41(38,39)30-10-4-8-24-9-5-17-33-31(24)30)27-14-11-25(12-15-27)32(37)36-20-18-35(19-21-36)28-16-13-26(22-29(28)40-2)23-6-3-7-23/h4-5,8-17,22-23H,3,6-7,18-21H2,1-2H3. The molecule has 1 aliphatic carbocycles. The lowest BCUT2D eigenvalue weighted by atomic mass is 9.80. The lowest BCUT2D eigenvalue weighted by molar-refractivity contribution is 0.0746. The maximum atomic E-state index is 13.5. The molecule has 0 bridgehead atoms. The van der Waals surface area contributed by atoms with Gasteiger partial charge in [0.25, 0.3) is 15.9 Å². The van der Waals surface area contributed by atoms with E-state index in [1.807, 2.05) is 17.0 Å². The number of anilines is 2. The van der Waals surface area contributed by atoms with Crippen molar-refractivity contribution in [3.05, 3.63) is 90.1 Å². The Morgan fingerprint density at radius 2 is 1.68 bits per heavy atom. The van der Waals surface area contributed by atoms with E-state index < -0.39 is 10.0 Å². The molecule has 0 N–H and O–H groups in total. The van der Waals surface area contributed by atoms with Crippen LogP contribution in [0.1, 0.15) is 41.1 Å². The summed E-state index contributed by atoms with van der Waals surface area (Å²) in [6.07, 6.45) is 5.38. The molecule has 1 amide bonds. The first-order valence-electron chi connectivity index (χ1n) is 14.0. The summed E-state index contributed by atoms with van der Waals surface area (Å²) in [4.78, 5) is 21.9. The topological polar surface area (TPSA) is 83.0 Å². The van der Waals surface area contributed by atoms with Gasteiger partial charge in [-0.2, -0.15) is 0 Å². The number of amides is 1. The minimum atomic E-state index is -3.86. The Hall–Kier alpha value is -4.11. The molecule has 41 heavy (non-hydrogen) atoms. The summed E-state index contributed by atoms with van der Waals surface area (Å²) >= 11 is 0. The number of fused-ring (bicyclic) bond motifs is 1. The molecule has 1 saturated heterocycles. The number of hydrogen-bond acceptors (Lipinski definition) is 6. The summed E-state index contributed by atoms with van der Waals surface area (Å²) in [5.41, 5.74) is 3.85. The van der Waals surface area contributed by atoms with Crippen LogP contribution in [0.4, 0.5) is 11.4 Å². The number of hydrogen-bond donors (Lipinski definition) is 0. The predicted octanol–water partition coefficient (Wildman–Crippen LogP) is 5.30. The highest BCUT2D eigenvalue weighted by atomic mass is 32.2. The second kappa shape index (κ2) is 11.0. The van der Waals surface area contributed by atoms with Gasteiger partial charge in [-0.3, -0.25) is 14.1 Å². The molecule has 2 aliphatic rings. The second-order valence-electron chi connectivity index (χ2n) is 10.7. The van der Waals surface area contributed by atoms with Crippen LogP contribution in [0.15, 0.2) is 83.9 Å². The minimum absolute atomic E-state index is 0.0627. The van der Waals surface area contributed by atoms with E-state index in [0.717, 1.165) is 16.8 Å². The maximum Gasteiger partial charge on any atom is 0.266 e. The fraction of sp³-hybridized carbons (Fsp3) is 0.312. The Labute approximate surface area is 241 Å². The lowest BCUT2D eigenvalue weighted by Crippen LogP contribution is -2.48. The summed E-state index contributed by atoms with van der Waals surface area (Å²) in [5.74, 6) is 1.48. The Morgan fingerprint density at radius 1 is 0.951 bits per heavy atom. The molecule has 0 spiro atoms. The number of carbonyl (C=O) groups excluding carboxylic acids is 1. The summed E-state index contributed by atoms with van der Waals surface area (Å²) in [6, 6.07) is 22.0. The SMILES string of the molecule is COc1cc(C2CCC2)ccc1N1CCN(C(=O)c2ccc(N(C)S(=O)(=O)c3cccc4cccnc34)cc2)CC1. The molecule has 1 aliphatic heterocycles. The van der Waals surface area contributed by atoms with E-state index in [2.05, 4.69) is 28.1 Å². The number of nitrogens with zero attached hydrogens (tertiary/aromatic N) is 4. The van der Waals surface area contributed by atoms with Crippen LogP contribution in [0.25, 0.3) is 10.9 Å². The zero-order valence-electron chi connectivity index (χ0n) is 23.4.